The molecule has 0 saturated carbocycles. The third-order valence-electron chi connectivity index (χ3n) is 4.26. The molecule has 30 heavy (non-hydrogen) atoms. The summed E-state index contributed by atoms with van der Waals surface area (Å²) in [7, 11) is -11.8. The van der Waals surface area contributed by atoms with Crippen LogP contribution in [0.1, 0.15) is 12.8 Å². The Morgan fingerprint density at radius 3 is 1.37 bits per heavy atom. The second-order valence-electron chi connectivity index (χ2n) is 13.5. The Morgan fingerprint density at radius 2 is 1.10 bits per heavy atom. The molecule has 0 aromatic rings. The molecule has 1 atom stereocenters. The van der Waals surface area contributed by atoms with E-state index in [0.717, 1.165) is 19.4 Å². The van der Waals surface area contributed by atoms with E-state index in [1.807, 2.05) is 0 Å². The monoisotopic (exact) mass is 528 g/mol. The van der Waals surface area contributed by atoms with Crippen LogP contribution in [0.15, 0.2) is 0 Å². The molecule has 0 radical (unpaired) electrons. The van der Waals surface area contributed by atoms with Crippen LogP contribution in [-0.4, -0.2) is 57.9 Å². The van der Waals surface area contributed by atoms with Crippen molar-refractivity contribution in [2.24, 2.45) is 0 Å². The van der Waals surface area contributed by atoms with Gasteiger partial charge in [-0.3, -0.25) is 4.57 Å². The lowest BCUT2D eigenvalue weighted by Gasteiger charge is -2.44. The van der Waals surface area contributed by atoms with Gasteiger partial charge in [-0.2, -0.15) is 0 Å². The fraction of sp³-hybridized carbons (Fsp3) is 1.00. The van der Waals surface area contributed by atoms with Crippen molar-refractivity contribution in [1.29, 1.82) is 0 Å². The van der Waals surface area contributed by atoms with Gasteiger partial charge in [0.25, 0.3) is 0 Å². The van der Waals surface area contributed by atoms with Crippen molar-refractivity contribution in [3.05, 3.63) is 0 Å². The zero-order chi connectivity index (χ0) is 24.4. The minimum atomic E-state index is -3.26. The van der Waals surface area contributed by atoms with Gasteiger partial charge in [0.2, 0.25) is 0 Å². The van der Waals surface area contributed by atoms with Crippen molar-refractivity contribution >= 4 is 48.9 Å². The van der Waals surface area contributed by atoms with Crippen molar-refractivity contribution in [2.45, 2.75) is 117 Å². The van der Waals surface area contributed by atoms with Gasteiger partial charge < -0.3 is 17.6 Å². The molecule has 0 rings (SSSR count). The van der Waals surface area contributed by atoms with E-state index in [2.05, 4.69) is 107 Å². The summed E-state index contributed by atoms with van der Waals surface area (Å²) in [6.45, 7) is 35.2. The van der Waals surface area contributed by atoms with Gasteiger partial charge in [0, 0.05) is 0 Å². The van der Waals surface area contributed by atoms with Gasteiger partial charge in [0.1, 0.15) is 30.5 Å². The van der Waals surface area contributed by atoms with Crippen LogP contribution < -0.4 is 4.98 Å². The molecule has 0 aliphatic rings. The number of hydrogen-bond donors (Lipinski definition) is 1. The maximum absolute atomic E-state index is 14.3. The molecule has 0 saturated heterocycles. The molecule has 0 amide bonds. The quantitative estimate of drug-likeness (QED) is 0.199. The molecule has 0 spiro atoms. The summed E-state index contributed by atoms with van der Waals surface area (Å²) in [5.74, 6) is -0.215. The summed E-state index contributed by atoms with van der Waals surface area (Å²) < 4.78 is 29.8. The van der Waals surface area contributed by atoms with Crippen LogP contribution in [0, 0.1) is 0 Å². The first-order chi connectivity index (χ1) is 12.9. The van der Waals surface area contributed by atoms with Crippen molar-refractivity contribution in [3.63, 3.8) is 0 Å². The van der Waals surface area contributed by atoms with E-state index in [1.54, 1.807) is 0 Å². The van der Waals surface area contributed by atoms with Gasteiger partial charge in [-0.05, 0) is 58.7 Å². The molecule has 0 heterocycles. The molecular formula is C19H53N2O3PSi5. The van der Waals surface area contributed by atoms with Crippen LogP contribution in [-0.2, 0) is 13.0 Å². The number of nitrogens with zero attached hydrogens (tertiary/aromatic N) is 1. The maximum Gasteiger partial charge on any atom is 0.327 e. The summed E-state index contributed by atoms with van der Waals surface area (Å²) in [5.41, 5.74) is 0. The fourth-order valence-electron chi connectivity index (χ4n) is 3.84. The molecule has 0 aromatic carbocycles. The zero-order valence-electron chi connectivity index (χ0n) is 22.8. The first-order valence-electron chi connectivity index (χ1n) is 11.4. The molecule has 5 nitrogen and oxygen atoms in total. The van der Waals surface area contributed by atoms with E-state index < -0.39 is 48.9 Å². The van der Waals surface area contributed by atoms with Crippen LogP contribution >= 0.6 is 7.60 Å². The lowest BCUT2D eigenvalue weighted by atomic mass is 10.3. The second-order valence-corrected chi connectivity index (χ2v) is 40.1. The number of nitrogens with one attached hydrogen (secondary N) is 1. The van der Waals surface area contributed by atoms with Crippen LogP contribution in [0.2, 0.25) is 98.2 Å². The highest BCUT2D eigenvalue weighted by molar-refractivity contribution is 7.57. The SMILES string of the molecule is C[Si](C)(C)NC(CCCN([Si](C)(C)C)[Si](C)(C)C)P(=O)(O[Si](C)(C)C)O[Si](C)(C)C. The Labute approximate surface area is 194 Å². The third-order valence-corrected chi connectivity index (χ3v) is 21.0. The molecule has 0 aromatic heterocycles. The van der Waals surface area contributed by atoms with Crippen LogP contribution in [0.4, 0.5) is 0 Å². The number of rotatable bonds is 13. The predicted octanol–water partition coefficient (Wildman–Crippen LogP) is 7.39. The van der Waals surface area contributed by atoms with Gasteiger partial charge in [0.05, 0.1) is 0 Å². The lowest BCUT2D eigenvalue weighted by Crippen LogP contribution is -2.59. The molecule has 0 aliphatic carbocycles. The highest BCUT2D eigenvalue weighted by atomic mass is 31.2. The Balaban J connectivity index is 5.82. The summed E-state index contributed by atoms with van der Waals surface area (Å²) in [6.07, 6.45) is 1.85. The van der Waals surface area contributed by atoms with Gasteiger partial charge in [-0.1, -0.05) is 58.9 Å². The van der Waals surface area contributed by atoms with Crippen molar-refractivity contribution in [2.75, 3.05) is 6.54 Å². The molecule has 0 aliphatic heterocycles. The molecule has 182 valence electrons. The molecule has 11 heteroatoms. The standard InChI is InChI=1S/C19H53N2O3PSi5/c1-26(2,3)20-19(17-16-18-21(27(4,5)6)28(7,8)9)25(22,23-29(10,11)12)24-30(13,14)15/h19-20H,16-18H2,1-15H3. The van der Waals surface area contributed by atoms with Gasteiger partial charge in [-0.15, -0.1) is 0 Å². The summed E-state index contributed by atoms with van der Waals surface area (Å²) in [6, 6.07) is 0. The van der Waals surface area contributed by atoms with E-state index in [0.29, 0.717) is 0 Å². The molecule has 1 unspecified atom stereocenters. The average molecular weight is 529 g/mol. The number of hydrogen-bond acceptors (Lipinski definition) is 5. The van der Waals surface area contributed by atoms with Crippen molar-refractivity contribution in [3.8, 4) is 0 Å². The highest BCUT2D eigenvalue weighted by Crippen LogP contribution is 2.57. The van der Waals surface area contributed by atoms with Crippen LogP contribution in [0.3, 0.4) is 0 Å². The van der Waals surface area contributed by atoms with Gasteiger partial charge in [-0.25, -0.2) is 0 Å². The van der Waals surface area contributed by atoms with E-state index in [9.17, 15) is 4.57 Å². The molecule has 0 bridgehead atoms. The predicted molar refractivity (Wildman–Crippen MR) is 149 cm³/mol. The molecule has 1 N–H and O–H groups in total. The van der Waals surface area contributed by atoms with E-state index in [1.165, 1.54) is 0 Å². The first kappa shape index (κ1) is 31.2. The maximum atomic E-state index is 14.3. The largest absolute Gasteiger partial charge is 0.351 e. The second kappa shape index (κ2) is 10.6. The lowest BCUT2D eigenvalue weighted by molar-refractivity contribution is 0.357. The van der Waals surface area contributed by atoms with E-state index in [4.69, 9.17) is 8.43 Å². The van der Waals surface area contributed by atoms with Gasteiger partial charge >= 0.3 is 7.60 Å². The average Bonchev–Trinajstić information content (AvgIpc) is 2.32. The summed E-state index contributed by atoms with van der Waals surface area (Å²) >= 11 is 0. The first-order valence-corrected chi connectivity index (χ1v) is 30.2. The summed E-state index contributed by atoms with van der Waals surface area (Å²) in [4.78, 5) is 3.77. The minimum Gasteiger partial charge on any atom is -0.351 e. The Bertz CT molecular complexity index is 553. The van der Waals surface area contributed by atoms with E-state index >= 15 is 0 Å². The Kier molecular flexibility index (Phi) is 11.0. The topological polar surface area (TPSA) is 50.8 Å². The smallest absolute Gasteiger partial charge is 0.327 e. The van der Waals surface area contributed by atoms with E-state index in [-0.39, 0.29) is 5.78 Å². The highest BCUT2D eigenvalue weighted by Gasteiger charge is 2.44. The van der Waals surface area contributed by atoms with Crippen molar-refractivity contribution < 1.29 is 13.0 Å². The van der Waals surface area contributed by atoms with Crippen LogP contribution in [0.5, 0.6) is 0 Å². The summed E-state index contributed by atoms with van der Waals surface area (Å²) in [5, 5.41) is 0. The van der Waals surface area contributed by atoms with Crippen LogP contribution in [0.25, 0.3) is 0 Å². The third kappa shape index (κ3) is 13.0. The fourth-order valence-corrected chi connectivity index (χ4v) is 24.6. The van der Waals surface area contributed by atoms with Gasteiger partial charge in [0.15, 0.2) is 16.6 Å². The minimum absolute atomic E-state index is 0.215. The molecular weight excluding hydrogens is 476 g/mol. The Hall–Kier alpha value is 1.15. The molecule has 0 fully saturated rings. The van der Waals surface area contributed by atoms with Crippen molar-refractivity contribution in [1.82, 2.24) is 9.21 Å². The zero-order valence-corrected chi connectivity index (χ0v) is 28.7. The Morgan fingerprint density at radius 1 is 0.733 bits per heavy atom. The normalized spacial score (nSPS) is 16.3.